The second-order valence-corrected chi connectivity index (χ2v) is 7.19. The van der Waals surface area contributed by atoms with Gasteiger partial charge in [-0.25, -0.2) is 15.2 Å². The second kappa shape index (κ2) is 6.98. The monoisotopic (exact) mass is 379 g/mol. The van der Waals surface area contributed by atoms with Crippen molar-refractivity contribution in [2.75, 3.05) is 11.1 Å². The molecule has 1 aliphatic rings. The largest absolute Gasteiger partial charge is 0.365 e. The summed E-state index contributed by atoms with van der Waals surface area (Å²) in [5, 5.41) is 15.5. The van der Waals surface area contributed by atoms with Gasteiger partial charge in [0.25, 0.3) is 0 Å². The molecule has 1 aliphatic heterocycles. The van der Waals surface area contributed by atoms with Gasteiger partial charge in [-0.2, -0.15) is 0 Å². The third-order valence-electron chi connectivity index (χ3n) is 3.48. The molecule has 1 heterocycles. The number of carbonyl (C=O) groups is 1. The maximum atomic E-state index is 12.3. The van der Waals surface area contributed by atoms with Gasteiger partial charge in [-0.05, 0) is 18.2 Å². The van der Waals surface area contributed by atoms with E-state index in [4.69, 9.17) is 23.8 Å². The number of amides is 2. The SMILES string of the molecule is O=C(Nc1cccc(Cl)c1)NN1C(=S)SCC1(O)c1ccccc1. The van der Waals surface area contributed by atoms with Crippen molar-refractivity contribution in [3.63, 3.8) is 0 Å². The number of nitrogens with zero attached hydrogens (tertiary/aromatic N) is 1. The number of thioether (sulfide) groups is 1. The van der Waals surface area contributed by atoms with Crippen LogP contribution in [-0.2, 0) is 5.72 Å². The van der Waals surface area contributed by atoms with Crippen LogP contribution in [0.1, 0.15) is 5.56 Å². The fourth-order valence-corrected chi connectivity index (χ4v) is 3.83. The number of carbonyl (C=O) groups excluding carboxylic acids is 1. The first kappa shape index (κ1) is 17.0. The fraction of sp³-hybridized carbons (Fsp3) is 0.125. The summed E-state index contributed by atoms with van der Waals surface area (Å²) >= 11 is 12.5. The number of benzene rings is 2. The number of aliphatic hydroxyl groups is 1. The van der Waals surface area contributed by atoms with Crippen molar-refractivity contribution in [3.8, 4) is 0 Å². The molecule has 0 bridgehead atoms. The highest BCUT2D eigenvalue weighted by atomic mass is 35.5. The van der Waals surface area contributed by atoms with E-state index < -0.39 is 11.8 Å². The van der Waals surface area contributed by atoms with Crippen LogP contribution in [0.4, 0.5) is 10.5 Å². The molecule has 0 saturated carbocycles. The van der Waals surface area contributed by atoms with Crippen LogP contribution in [0.15, 0.2) is 54.6 Å². The molecule has 2 aromatic rings. The third kappa shape index (κ3) is 3.49. The Morgan fingerprint density at radius 2 is 2.00 bits per heavy atom. The molecule has 8 heteroatoms. The number of halogens is 1. The molecule has 2 aromatic carbocycles. The van der Waals surface area contributed by atoms with Gasteiger partial charge >= 0.3 is 6.03 Å². The number of hydrazine groups is 1. The highest BCUT2D eigenvalue weighted by Gasteiger charge is 2.45. The summed E-state index contributed by atoms with van der Waals surface area (Å²) in [7, 11) is 0. The van der Waals surface area contributed by atoms with Crippen LogP contribution in [0.5, 0.6) is 0 Å². The highest BCUT2D eigenvalue weighted by Crippen LogP contribution is 2.37. The number of nitrogens with one attached hydrogen (secondary N) is 2. The van der Waals surface area contributed by atoms with Crippen molar-refractivity contribution in [2.24, 2.45) is 0 Å². The molecule has 3 N–H and O–H groups in total. The van der Waals surface area contributed by atoms with Gasteiger partial charge in [0, 0.05) is 16.3 Å². The van der Waals surface area contributed by atoms with Crippen LogP contribution >= 0.6 is 35.6 Å². The summed E-state index contributed by atoms with van der Waals surface area (Å²) < 4.78 is 0.391. The average molecular weight is 380 g/mol. The lowest BCUT2D eigenvalue weighted by atomic mass is 10.0. The summed E-state index contributed by atoms with van der Waals surface area (Å²) in [6, 6.07) is 15.4. The fourth-order valence-electron chi connectivity index (χ4n) is 2.32. The van der Waals surface area contributed by atoms with E-state index >= 15 is 0 Å². The van der Waals surface area contributed by atoms with Gasteiger partial charge in [-0.15, -0.1) is 0 Å². The first-order chi connectivity index (χ1) is 11.5. The van der Waals surface area contributed by atoms with E-state index in [1.807, 2.05) is 18.2 Å². The Kier molecular flexibility index (Phi) is 4.96. The quantitative estimate of drug-likeness (QED) is 0.712. The first-order valence-corrected chi connectivity index (χ1v) is 8.84. The van der Waals surface area contributed by atoms with Gasteiger partial charge < -0.3 is 10.4 Å². The Balaban J connectivity index is 1.77. The summed E-state index contributed by atoms with van der Waals surface area (Å²) in [5.74, 6) is 0.327. The molecule has 1 fully saturated rings. The molecule has 24 heavy (non-hydrogen) atoms. The molecular formula is C16H14ClN3O2S2. The van der Waals surface area contributed by atoms with Crippen LogP contribution in [0.3, 0.4) is 0 Å². The number of hydrogen-bond acceptors (Lipinski definition) is 4. The van der Waals surface area contributed by atoms with E-state index in [-0.39, 0.29) is 0 Å². The molecular weight excluding hydrogens is 366 g/mol. The number of thiocarbonyl (C=S) groups is 1. The van der Waals surface area contributed by atoms with Crippen LogP contribution in [0, 0.1) is 0 Å². The minimum atomic E-state index is -1.39. The predicted octanol–water partition coefficient (Wildman–Crippen LogP) is 3.56. The molecule has 5 nitrogen and oxygen atoms in total. The molecule has 2 amide bonds. The topological polar surface area (TPSA) is 64.6 Å². The standard InChI is InChI=1S/C16H14ClN3O2S2/c17-12-7-4-8-13(9-12)18-14(21)19-20-15(23)24-10-16(20,22)11-5-2-1-3-6-11/h1-9,22H,10H2,(H2,18,19,21). The molecule has 0 aromatic heterocycles. The summed E-state index contributed by atoms with van der Waals surface area (Å²) in [4.78, 5) is 12.3. The van der Waals surface area contributed by atoms with Crippen LogP contribution in [0.25, 0.3) is 0 Å². The van der Waals surface area contributed by atoms with Crippen molar-refractivity contribution >= 4 is 51.6 Å². The maximum Gasteiger partial charge on any atom is 0.338 e. The summed E-state index contributed by atoms with van der Waals surface area (Å²) in [6.07, 6.45) is 0. The zero-order valence-electron chi connectivity index (χ0n) is 12.4. The lowest BCUT2D eigenvalue weighted by Crippen LogP contribution is -2.55. The molecule has 0 aliphatic carbocycles. The molecule has 1 saturated heterocycles. The summed E-state index contributed by atoms with van der Waals surface area (Å²) in [5.41, 5.74) is 2.42. The Hall–Kier alpha value is -1.80. The van der Waals surface area contributed by atoms with E-state index in [1.54, 1.807) is 36.4 Å². The van der Waals surface area contributed by atoms with Gasteiger partial charge in [0.15, 0.2) is 10.0 Å². The number of anilines is 1. The smallest absolute Gasteiger partial charge is 0.338 e. The van der Waals surface area contributed by atoms with E-state index in [0.717, 1.165) is 0 Å². The number of urea groups is 1. The normalized spacial score (nSPS) is 20.1. The van der Waals surface area contributed by atoms with Gasteiger partial charge in [-0.3, -0.25) is 0 Å². The first-order valence-electron chi connectivity index (χ1n) is 7.07. The molecule has 124 valence electrons. The van der Waals surface area contributed by atoms with E-state index in [0.29, 0.717) is 26.3 Å². The van der Waals surface area contributed by atoms with Gasteiger partial charge in [0.05, 0.1) is 5.75 Å². The Morgan fingerprint density at radius 1 is 1.25 bits per heavy atom. The average Bonchev–Trinajstić information content (AvgIpc) is 2.85. The predicted molar refractivity (Wildman–Crippen MR) is 101 cm³/mol. The molecule has 3 rings (SSSR count). The second-order valence-electron chi connectivity index (χ2n) is 5.15. The van der Waals surface area contributed by atoms with Gasteiger partial charge in [0.2, 0.25) is 0 Å². The van der Waals surface area contributed by atoms with Gasteiger partial charge in [-0.1, -0.05) is 72.0 Å². The van der Waals surface area contributed by atoms with Crippen molar-refractivity contribution in [2.45, 2.75) is 5.72 Å². The highest BCUT2D eigenvalue weighted by molar-refractivity contribution is 8.23. The molecule has 0 radical (unpaired) electrons. The maximum absolute atomic E-state index is 12.3. The molecule has 1 atom stereocenters. The van der Waals surface area contributed by atoms with Crippen LogP contribution in [0.2, 0.25) is 5.02 Å². The van der Waals surface area contributed by atoms with E-state index in [9.17, 15) is 9.90 Å². The summed E-state index contributed by atoms with van der Waals surface area (Å²) in [6.45, 7) is 0. The lowest BCUT2D eigenvalue weighted by Gasteiger charge is -2.34. The van der Waals surface area contributed by atoms with Gasteiger partial charge in [0.1, 0.15) is 0 Å². The minimum absolute atomic E-state index is 0.327. The number of rotatable bonds is 3. The number of hydrogen-bond donors (Lipinski definition) is 3. The molecule has 0 spiro atoms. The van der Waals surface area contributed by atoms with Crippen molar-refractivity contribution < 1.29 is 9.90 Å². The Morgan fingerprint density at radius 3 is 2.71 bits per heavy atom. The minimum Gasteiger partial charge on any atom is -0.365 e. The van der Waals surface area contributed by atoms with E-state index in [2.05, 4.69) is 10.7 Å². The van der Waals surface area contributed by atoms with Crippen molar-refractivity contribution in [1.82, 2.24) is 10.4 Å². The van der Waals surface area contributed by atoms with E-state index in [1.165, 1.54) is 16.8 Å². The Labute approximate surface area is 154 Å². The third-order valence-corrected chi connectivity index (χ3v) is 5.23. The zero-order valence-corrected chi connectivity index (χ0v) is 14.8. The Bertz CT molecular complexity index is 775. The van der Waals surface area contributed by atoms with Crippen LogP contribution in [-0.4, -0.2) is 26.2 Å². The zero-order chi connectivity index (χ0) is 17.2. The van der Waals surface area contributed by atoms with Crippen LogP contribution < -0.4 is 10.7 Å². The van der Waals surface area contributed by atoms with Crippen molar-refractivity contribution in [3.05, 3.63) is 65.2 Å². The lowest BCUT2D eigenvalue weighted by molar-refractivity contribution is -0.0633. The molecule has 1 unspecified atom stereocenters. The van der Waals surface area contributed by atoms with Crippen molar-refractivity contribution in [1.29, 1.82) is 0 Å².